The molecule has 4 heteroatoms. The molecule has 0 bridgehead atoms. The van der Waals surface area contributed by atoms with Crippen molar-refractivity contribution in [3.63, 3.8) is 0 Å². The van der Waals surface area contributed by atoms with E-state index >= 15 is 0 Å². The lowest BCUT2D eigenvalue weighted by atomic mass is 9.94. The van der Waals surface area contributed by atoms with Gasteiger partial charge in [-0.05, 0) is 110 Å². The van der Waals surface area contributed by atoms with Gasteiger partial charge in [-0.2, -0.15) is 0 Å². The van der Waals surface area contributed by atoms with E-state index in [1.807, 2.05) is 34.0 Å². The largest absolute Gasteiger partial charge is 0.139 e. The molecule has 3 heterocycles. The summed E-state index contributed by atoms with van der Waals surface area (Å²) >= 11 is 8.48. The highest BCUT2D eigenvalue weighted by molar-refractivity contribution is 14.1. The zero-order chi connectivity index (χ0) is 29.2. The van der Waals surface area contributed by atoms with Gasteiger partial charge in [0, 0.05) is 24.5 Å². The smallest absolute Gasteiger partial charge is 0.0673 e. The van der Waals surface area contributed by atoms with Gasteiger partial charge in [-0.3, -0.25) is 0 Å². The fourth-order valence-electron chi connectivity index (χ4n) is 5.31. The maximum absolute atomic E-state index is 2.54. The zero-order valence-corrected chi connectivity index (χ0v) is 31.0. The lowest BCUT2D eigenvalue weighted by Gasteiger charge is -2.12. The fourth-order valence-corrected chi connectivity index (χ4v) is 10.1. The van der Waals surface area contributed by atoms with Crippen molar-refractivity contribution in [2.24, 2.45) is 23.7 Å². The molecule has 0 radical (unpaired) electrons. The highest BCUT2D eigenvalue weighted by Crippen LogP contribution is 2.40. The number of aryl methyl sites for hydroxylation is 2. The van der Waals surface area contributed by atoms with Crippen LogP contribution in [-0.4, -0.2) is 0 Å². The second-order valence-corrected chi connectivity index (χ2v) is 18.3. The van der Waals surface area contributed by atoms with Gasteiger partial charge in [0.1, 0.15) is 0 Å². The number of allylic oxidation sites excluding steroid dienone is 1. The van der Waals surface area contributed by atoms with Crippen LogP contribution in [0, 0.1) is 33.5 Å². The van der Waals surface area contributed by atoms with E-state index in [0.29, 0.717) is 0 Å². The van der Waals surface area contributed by atoms with Crippen LogP contribution in [0.2, 0.25) is 0 Å². The molecule has 40 heavy (non-hydrogen) atoms. The molecule has 0 aliphatic rings. The number of thiophene rings is 2. The standard InChI is InChI=1S/C36H53IS3/c1-24(2)11-9-13-26(5)15-16-28(7)21-32-29(8)18-20-31-33(23-35(37)40-32)39-34-22-30(38-36(31)34)19-17-27(6)14-10-12-25(3)4/h18,20-27H,9-17,19H2,1-8H3/b20-18?,28-21+,32-29?,35-23?/t26-,27?/m1/s1. The molecule has 0 aliphatic heterocycles. The number of fused-ring (bicyclic) bond motifs is 3. The molecule has 1 unspecified atom stereocenters. The summed E-state index contributed by atoms with van der Waals surface area (Å²) in [6.07, 6.45) is 15.7. The highest BCUT2D eigenvalue weighted by Gasteiger charge is 2.11. The Morgan fingerprint density at radius 3 is 2.08 bits per heavy atom. The maximum Gasteiger partial charge on any atom is 0.0673 e. The summed E-state index contributed by atoms with van der Waals surface area (Å²) in [6, 6.07) is 9.66. The van der Waals surface area contributed by atoms with Crippen molar-refractivity contribution in [2.45, 2.75) is 120 Å². The normalized spacial score (nSPS) is 14.0. The second-order valence-electron chi connectivity index (χ2n) is 13.1. The Bertz CT molecular complexity index is 1280. The maximum atomic E-state index is 2.54. The van der Waals surface area contributed by atoms with Gasteiger partial charge < -0.3 is 0 Å². The average Bonchev–Trinajstić information content (AvgIpc) is 3.41. The Kier molecular flexibility index (Phi) is 14.5. The van der Waals surface area contributed by atoms with Crippen molar-refractivity contribution in [1.29, 1.82) is 0 Å². The lowest BCUT2D eigenvalue weighted by molar-refractivity contribution is 0.436. The molecule has 0 fully saturated rings. The molecular weight excluding hydrogens is 656 g/mol. The summed E-state index contributed by atoms with van der Waals surface area (Å²) in [5.41, 5.74) is 2.88. The first-order valence-corrected chi connectivity index (χ1v) is 19.2. The third-order valence-electron chi connectivity index (χ3n) is 8.07. The second kappa shape index (κ2) is 17.0. The Morgan fingerprint density at radius 2 is 1.43 bits per heavy atom. The monoisotopic (exact) mass is 708 g/mol. The fraction of sp³-hybridized carbons (Fsp3) is 0.611. The van der Waals surface area contributed by atoms with Gasteiger partial charge in [0.25, 0.3) is 0 Å². The molecular formula is C36H53IS3. The first-order valence-electron chi connectivity index (χ1n) is 15.7. The van der Waals surface area contributed by atoms with E-state index in [2.05, 4.69) is 108 Å². The Hall–Kier alpha value is -0.430. The van der Waals surface area contributed by atoms with Crippen LogP contribution >= 0.6 is 56.6 Å². The topological polar surface area (TPSA) is 0 Å². The number of hydrogen-bond acceptors (Lipinski definition) is 3. The molecule has 0 saturated carbocycles. The minimum atomic E-state index is 0.812. The first-order chi connectivity index (χ1) is 19.0. The van der Waals surface area contributed by atoms with E-state index in [-0.39, 0.29) is 0 Å². The van der Waals surface area contributed by atoms with Gasteiger partial charge >= 0.3 is 0 Å². The lowest BCUT2D eigenvalue weighted by Crippen LogP contribution is -1.98. The van der Waals surface area contributed by atoms with Gasteiger partial charge in [0.05, 0.1) is 7.58 Å². The van der Waals surface area contributed by atoms with Crippen LogP contribution in [0.25, 0.3) is 25.6 Å². The van der Waals surface area contributed by atoms with Crippen molar-refractivity contribution >= 4 is 82.2 Å². The van der Waals surface area contributed by atoms with Crippen LogP contribution in [0.1, 0.15) is 122 Å². The van der Waals surface area contributed by atoms with Crippen LogP contribution in [0.5, 0.6) is 0 Å². The van der Waals surface area contributed by atoms with E-state index in [9.17, 15) is 0 Å². The molecule has 2 atom stereocenters. The van der Waals surface area contributed by atoms with Gasteiger partial charge in [-0.15, -0.1) is 34.0 Å². The number of hydrogen-bond donors (Lipinski definition) is 0. The molecule has 0 aliphatic carbocycles. The molecule has 222 valence electrons. The van der Waals surface area contributed by atoms with Gasteiger partial charge in [-0.1, -0.05) is 97.8 Å². The summed E-state index contributed by atoms with van der Waals surface area (Å²) in [5, 5.41) is 1.42. The van der Waals surface area contributed by atoms with E-state index in [0.717, 1.165) is 23.7 Å². The van der Waals surface area contributed by atoms with Gasteiger partial charge in [0.2, 0.25) is 0 Å². The van der Waals surface area contributed by atoms with Crippen molar-refractivity contribution in [3.8, 4) is 0 Å². The van der Waals surface area contributed by atoms with Crippen LogP contribution in [0.3, 0.4) is 0 Å². The molecule has 0 amide bonds. The van der Waals surface area contributed by atoms with E-state index < -0.39 is 0 Å². The third-order valence-corrected chi connectivity index (χ3v) is 12.5. The van der Waals surface area contributed by atoms with E-state index in [1.165, 1.54) is 103 Å². The summed E-state index contributed by atoms with van der Waals surface area (Å²) in [7, 11) is 0. The summed E-state index contributed by atoms with van der Waals surface area (Å²) in [6.45, 7) is 18.8. The molecule has 3 aromatic heterocycles. The van der Waals surface area contributed by atoms with Crippen molar-refractivity contribution in [2.75, 3.05) is 0 Å². The van der Waals surface area contributed by atoms with Crippen LogP contribution < -0.4 is 0 Å². The van der Waals surface area contributed by atoms with Crippen LogP contribution in [0.4, 0.5) is 0 Å². The molecule has 0 aromatic carbocycles. The SMILES string of the molecule is C/C(=C\c1sc(I)cc2sc3cc(CCC(C)CCCC(C)C)sc3c2ccc1C)CC[C@H](C)CCCC(C)C. The molecule has 0 N–H and O–H groups in total. The van der Waals surface area contributed by atoms with Gasteiger partial charge in [0.15, 0.2) is 0 Å². The predicted octanol–water partition coefficient (Wildman–Crippen LogP) is 14.3. The van der Waals surface area contributed by atoms with Crippen molar-refractivity contribution in [1.82, 2.24) is 0 Å². The van der Waals surface area contributed by atoms with E-state index in [4.69, 9.17) is 0 Å². The predicted molar refractivity (Wildman–Crippen MR) is 197 cm³/mol. The highest BCUT2D eigenvalue weighted by atomic mass is 127. The molecule has 0 spiro atoms. The third kappa shape index (κ3) is 11.3. The molecule has 3 rings (SSSR count). The Labute approximate surface area is 271 Å². The number of rotatable bonds is 15. The molecule has 3 aromatic rings. The first kappa shape index (κ1) is 34.1. The van der Waals surface area contributed by atoms with Crippen molar-refractivity contribution < 1.29 is 0 Å². The van der Waals surface area contributed by atoms with Crippen LogP contribution in [-0.2, 0) is 6.42 Å². The summed E-state index contributed by atoms with van der Waals surface area (Å²) in [4.78, 5) is 2.96. The van der Waals surface area contributed by atoms with E-state index in [1.54, 1.807) is 4.88 Å². The zero-order valence-electron chi connectivity index (χ0n) is 26.4. The summed E-state index contributed by atoms with van der Waals surface area (Å²) < 4.78 is 5.71. The minimum Gasteiger partial charge on any atom is -0.139 e. The Balaban J connectivity index is 1.74. The average molecular weight is 709 g/mol. The minimum absolute atomic E-state index is 0.812. The molecule has 0 nitrogen and oxygen atoms in total. The quantitative estimate of drug-likeness (QED) is 0.138. The number of halogens is 1. The molecule has 0 saturated heterocycles. The van der Waals surface area contributed by atoms with Gasteiger partial charge in [-0.25, -0.2) is 0 Å². The Morgan fingerprint density at radius 1 is 0.775 bits per heavy atom. The summed E-state index contributed by atoms with van der Waals surface area (Å²) in [5.74, 6) is 3.29. The van der Waals surface area contributed by atoms with Crippen molar-refractivity contribution in [3.05, 3.63) is 48.0 Å². The van der Waals surface area contributed by atoms with Crippen LogP contribution in [0.15, 0.2) is 29.8 Å².